The van der Waals surface area contributed by atoms with E-state index in [1.54, 1.807) is 54.6 Å². The molecule has 0 aliphatic heterocycles. The van der Waals surface area contributed by atoms with E-state index in [1.807, 2.05) is 18.2 Å². The number of ether oxygens (including phenoxy) is 2. The molecule has 0 saturated carbocycles. The van der Waals surface area contributed by atoms with Gasteiger partial charge in [-0.15, -0.1) is 0 Å². The van der Waals surface area contributed by atoms with Gasteiger partial charge in [0.05, 0.1) is 6.61 Å². The van der Waals surface area contributed by atoms with Crippen molar-refractivity contribution >= 4 is 34.4 Å². The number of hydrogen-bond donors (Lipinski definition) is 2. The first-order chi connectivity index (χ1) is 16.0. The summed E-state index contributed by atoms with van der Waals surface area (Å²) in [6, 6.07) is 21.2. The second-order valence-electron chi connectivity index (χ2n) is 7.19. The molecule has 0 bridgehead atoms. The summed E-state index contributed by atoms with van der Waals surface area (Å²) in [5.74, 6) is -0.243. The van der Waals surface area contributed by atoms with Gasteiger partial charge in [0, 0.05) is 28.6 Å². The minimum absolute atomic E-state index is 0.0908. The highest BCUT2D eigenvalue weighted by Gasteiger charge is 2.21. The summed E-state index contributed by atoms with van der Waals surface area (Å²) in [7, 11) is 1.54. The predicted molar refractivity (Wildman–Crippen MR) is 124 cm³/mol. The number of methoxy groups -OCH3 is 1. The molecule has 33 heavy (non-hydrogen) atoms. The molecule has 0 aliphatic carbocycles. The number of furan rings is 1. The third kappa shape index (κ3) is 5.34. The van der Waals surface area contributed by atoms with Crippen molar-refractivity contribution in [2.24, 2.45) is 0 Å². The van der Waals surface area contributed by atoms with Crippen molar-refractivity contribution < 1.29 is 23.5 Å². The average Bonchev–Trinajstić information content (AvgIpc) is 3.21. The van der Waals surface area contributed by atoms with E-state index in [0.717, 1.165) is 10.9 Å². The summed E-state index contributed by atoms with van der Waals surface area (Å²) >= 11 is 5.87. The smallest absolute Gasteiger partial charge is 0.305 e. The third-order valence-electron chi connectivity index (χ3n) is 4.92. The van der Waals surface area contributed by atoms with Crippen LogP contribution in [0.3, 0.4) is 0 Å². The summed E-state index contributed by atoms with van der Waals surface area (Å²) in [6.45, 7) is 0.544. The molecule has 2 N–H and O–H groups in total. The standard InChI is InChI=1S/C25H21ClN2O5/c1-31-15-21-20-4-2-3-5-22(20)33-23(21)25(30)28-27-24(29)17-8-6-16(7-9-17)14-32-19-12-10-18(26)11-13-19/h2-13H,14-15H2,1H3,(H,27,29)(H,28,30). The Morgan fingerprint density at radius 1 is 0.879 bits per heavy atom. The van der Waals surface area contributed by atoms with Crippen LogP contribution in [-0.2, 0) is 18.0 Å². The Balaban J connectivity index is 1.36. The summed E-state index contributed by atoms with van der Waals surface area (Å²) < 4.78 is 16.6. The molecule has 2 amide bonds. The van der Waals surface area contributed by atoms with Crippen molar-refractivity contribution in [3.8, 4) is 5.75 Å². The van der Waals surface area contributed by atoms with Crippen LogP contribution in [0, 0.1) is 0 Å². The largest absolute Gasteiger partial charge is 0.489 e. The summed E-state index contributed by atoms with van der Waals surface area (Å²) in [4.78, 5) is 25.1. The molecule has 0 saturated heterocycles. The Morgan fingerprint density at radius 3 is 2.30 bits per heavy atom. The lowest BCUT2D eigenvalue weighted by atomic mass is 10.1. The van der Waals surface area contributed by atoms with Crippen molar-refractivity contribution in [3.05, 3.63) is 100 Å². The van der Waals surface area contributed by atoms with E-state index in [9.17, 15) is 9.59 Å². The van der Waals surface area contributed by atoms with Crippen molar-refractivity contribution in [1.29, 1.82) is 0 Å². The Labute approximate surface area is 195 Å². The summed E-state index contributed by atoms with van der Waals surface area (Å²) in [5.41, 5.74) is 7.26. The molecule has 0 unspecified atom stereocenters. The molecule has 0 radical (unpaired) electrons. The quantitative estimate of drug-likeness (QED) is 0.380. The zero-order valence-corrected chi connectivity index (χ0v) is 18.5. The first-order valence-corrected chi connectivity index (χ1v) is 10.5. The molecule has 0 atom stereocenters. The van der Waals surface area contributed by atoms with E-state index in [0.29, 0.717) is 34.1 Å². The normalized spacial score (nSPS) is 10.7. The second-order valence-corrected chi connectivity index (χ2v) is 7.62. The van der Waals surface area contributed by atoms with Gasteiger partial charge in [0.2, 0.25) is 0 Å². The van der Waals surface area contributed by atoms with Crippen LogP contribution in [0.25, 0.3) is 11.0 Å². The highest BCUT2D eigenvalue weighted by molar-refractivity contribution is 6.30. The highest BCUT2D eigenvalue weighted by atomic mass is 35.5. The van der Waals surface area contributed by atoms with Gasteiger partial charge in [0.25, 0.3) is 5.91 Å². The lowest BCUT2D eigenvalue weighted by Gasteiger charge is -2.09. The first kappa shape index (κ1) is 22.4. The van der Waals surface area contributed by atoms with Gasteiger partial charge in [0.15, 0.2) is 5.76 Å². The Bertz CT molecular complexity index is 1270. The van der Waals surface area contributed by atoms with Crippen molar-refractivity contribution in [3.63, 3.8) is 0 Å². The Hall–Kier alpha value is -3.81. The molecular weight excluding hydrogens is 444 g/mol. The fraction of sp³-hybridized carbons (Fsp3) is 0.120. The molecule has 8 heteroatoms. The molecule has 0 spiro atoms. The van der Waals surface area contributed by atoms with Crippen LogP contribution in [0.5, 0.6) is 5.75 Å². The zero-order chi connectivity index (χ0) is 23.2. The van der Waals surface area contributed by atoms with E-state index >= 15 is 0 Å². The van der Waals surface area contributed by atoms with Crippen LogP contribution < -0.4 is 15.6 Å². The number of carbonyl (C=O) groups is 2. The van der Waals surface area contributed by atoms with Crippen molar-refractivity contribution in [2.75, 3.05) is 7.11 Å². The lowest BCUT2D eigenvalue weighted by molar-refractivity contribution is 0.0828. The molecule has 1 heterocycles. The third-order valence-corrected chi connectivity index (χ3v) is 5.17. The minimum atomic E-state index is -0.570. The minimum Gasteiger partial charge on any atom is -0.489 e. The van der Waals surface area contributed by atoms with Gasteiger partial charge in [-0.3, -0.25) is 20.4 Å². The molecule has 0 aliphatic rings. The Kier molecular flexibility index (Phi) is 6.92. The fourth-order valence-electron chi connectivity index (χ4n) is 3.26. The topological polar surface area (TPSA) is 89.8 Å². The number of halogens is 1. The summed E-state index contributed by atoms with van der Waals surface area (Å²) in [6.07, 6.45) is 0. The van der Waals surface area contributed by atoms with Crippen LogP contribution in [0.1, 0.15) is 32.0 Å². The van der Waals surface area contributed by atoms with E-state index in [1.165, 1.54) is 7.11 Å². The SMILES string of the molecule is COCc1c(C(=O)NNC(=O)c2ccc(COc3ccc(Cl)cc3)cc2)oc2ccccc12. The fourth-order valence-corrected chi connectivity index (χ4v) is 3.39. The van der Waals surface area contributed by atoms with Crippen LogP contribution in [0.4, 0.5) is 0 Å². The number of amides is 2. The number of benzene rings is 3. The predicted octanol–water partition coefficient (Wildman–Crippen LogP) is 4.89. The van der Waals surface area contributed by atoms with Crippen LogP contribution in [-0.4, -0.2) is 18.9 Å². The van der Waals surface area contributed by atoms with Gasteiger partial charge in [-0.1, -0.05) is 41.9 Å². The first-order valence-electron chi connectivity index (χ1n) is 10.1. The molecule has 1 aromatic heterocycles. The molecule has 0 fully saturated rings. The maximum absolute atomic E-state index is 12.6. The molecule has 3 aromatic carbocycles. The lowest BCUT2D eigenvalue weighted by Crippen LogP contribution is -2.41. The van der Waals surface area contributed by atoms with Crippen molar-refractivity contribution in [1.82, 2.24) is 10.9 Å². The van der Waals surface area contributed by atoms with Crippen LogP contribution >= 0.6 is 11.6 Å². The van der Waals surface area contributed by atoms with Gasteiger partial charge >= 0.3 is 5.91 Å². The number of hydrazine groups is 1. The monoisotopic (exact) mass is 464 g/mol. The number of nitrogens with one attached hydrogen (secondary N) is 2. The van der Waals surface area contributed by atoms with E-state index in [-0.39, 0.29) is 12.4 Å². The van der Waals surface area contributed by atoms with Gasteiger partial charge in [0.1, 0.15) is 17.9 Å². The molecule has 4 aromatic rings. The molecule has 4 rings (SSSR count). The average molecular weight is 465 g/mol. The van der Waals surface area contributed by atoms with Gasteiger partial charge in [-0.05, 0) is 48.0 Å². The zero-order valence-electron chi connectivity index (χ0n) is 17.8. The van der Waals surface area contributed by atoms with Crippen LogP contribution in [0.15, 0.2) is 77.2 Å². The molecule has 7 nitrogen and oxygen atoms in total. The number of hydrogen-bond acceptors (Lipinski definition) is 5. The van der Waals surface area contributed by atoms with Gasteiger partial charge < -0.3 is 13.9 Å². The van der Waals surface area contributed by atoms with E-state index in [4.69, 9.17) is 25.5 Å². The van der Waals surface area contributed by atoms with Gasteiger partial charge in [-0.2, -0.15) is 0 Å². The number of carbonyl (C=O) groups excluding carboxylic acids is 2. The van der Waals surface area contributed by atoms with E-state index < -0.39 is 11.8 Å². The summed E-state index contributed by atoms with van der Waals surface area (Å²) in [5, 5.41) is 1.42. The maximum Gasteiger partial charge on any atom is 0.305 e. The number of rotatable bonds is 7. The van der Waals surface area contributed by atoms with Gasteiger partial charge in [-0.25, -0.2) is 0 Å². The Morgan fingerprint density at radius 2 is 1.58 bits per heavy atom. The highest BCUT2D eigenvalue weighted by Crippen LogP contribution is 2.26. The molecule has 168 valence electrons. The van der Waals surface area contributed by atoms with E-state index in [2.05, 4.69) is 10.9 Å². The van der Waals surface area contributed by atoms with Crippen molar-refractivity contribution in [2.45, 2.75) is 13.2 Å². The maximum atomic E-state index is 12.6. The number of para-hydroxylation sites is 1. The second kappa shape index (κ2) is 10.2. The van der Waals surface area contributed by atoms with Crippen LogP contribution in [0.2, 0.25) is 5.02 Å². The number of fused-ring (bicyclic) bond motifs is 1. The molecular formula is C25H21ClN2O5.